The van der Waals surface area contributed by atoms with Gasteiger partial charge in [-0.05, 0) is 37.7 Å². The van der Waals surface area contributed by atoms with Crippen LogP contribution < -0.4 is 10.6 Å². The van der Waals surface area contributed by atoms with E-state index in [4.69, 9.17) is 14.5 Å². The summed E-state index contributed by atoms with van der Waals surface area (Å²) in [5, 5.41) is 9.64. The third-order valence-electron chi connectivity index (χ3n) is 9.09. The van der Waals surface area contributed by atoms with Crippen molar-refractivity contribution in [3.05, 3.63) is 59.2 Å². The van der Waals surface area contributed by atoms with Crippen LogP contribution in [0.15, 0.2) is 36.5 Å². The van der Waals surface area contributed by atoms with Crippen molar-refractivity contribution in [3.63, 3.8) is 0 Å². The Morgan fingerprint density at radius 1 is 1.10 bits per heavy atom. The standard InChI is InChI=1S/C32H38F6N6O4/c1-30(2,32(36,37)38)11-8-23(41-29(46)48-18-19-6-4-3-5-7-19)25-17-44-28(40-25)42-26(20-9-12-47-13-10-20)24(43-44)15-21-14-22(31(33,34)35)16-39-27(21)45/h3-7,17,20-23H,8-16,18H2,1-2H3,(H,39,45)(H,41,46)/t21-,22-,23+/m1/s1. The van der Waals surface area contributed by atoms with Crippen molar-refractivity contribution in [1.29, 1.82) is 0 Å². The van der Waals surface area contributed by atoms with Gasteiger partial charge in [0, 0.05) is 38.0 Å². The third kappa shape index (κ3) is 8.55. The van der Waals surface area contributed by atoms with E-state index in [1.54, 1.807) is 30.3 Å². The van der Waals surface area contributed by atoms with Crippen LogP contribution in [0.5, 0.6) is 0 Å². The van der Waals surface area contributed by atoms with Gasteiger partial charge in [0.05, 0.1) is 40.7 Å². The second-order valence-corrected chi connectivity index (χ2v) is 13.0. The molecule has 262 valence electrons. The number of piperidine rings is 1. The average Bonchev–Trinajstić information content (AvgIpc) is 3.45. The first-order chi connectivity index (χ1) is 22.6. The van der Waals surface area contributed by atoms with Crippen LogP contribution in [0.3, 0.4) is 0 Å². The van der Waals surface area contributed by atoms with Gasteiger partial charge in [0.25, 0.3) is 5.78 Å². The highest BCUT2D eigenvalue weighted by Crippen LogP contribution is 2.42. The van der Waals surface area contributed by atoms with Crippen molar-refractivity contribution in [1.82, 2.24) is 30.2 Å². The molecule has 4 heterocycles. The number of nitrogens with one attached hydrogen (secondary N) is 2. The van der Waals surface area contributed by atoms with Crippen LogP contribution >= 0.6 is 0 Å². The normalized spacial score (nSPS) is 20.4. The monoisotopic (exact) mass is 684 g/mol. The van der Waals surface area contributed by atoms with Gasteiger partial charge in [-0.1, -0.05) is 44.2 Å². The quantitative estimate of drug-likeness (QED) is 0.244. The molecule has 16 heteroatoms. The summed E-state index contributed by atoms with van der Waals surface area (Å²) in [7, 11) is 0. The Hall–Kier alpha value is -3.95. The lowest BCUT2D eigenvalue weighted by Gasteiger charge is -2.31. The fraction of sp³-hybridized carbons (Fsp3) is 0.594. The van der Waals surface area contributed by atoms with Gasteiger partial charge in [0.1, 0.15) is 6.61 Å². The highest BCUT2D eigenvalue weighted by atomic mass is 19.4. The molecule has 5 rings (SSSR count). The summed E-state index contributed by atoms with van der Waals surface area (Å²) < 4.78 is 94.0. The van der Waals surface area contributed by atoms with Crippen molar-refractivity contribution in [2.24, 2.45) is 17.3 Å². The lowest BCUT2D eigenvalue weighted by molar-refractivity contribution is -0.214. The maximum Gasteiger partial charge on any atom is 0.408 e. The van der Waals surface area contributed by atoms with E-state index >= 15 is 0 Å². The zero-order chi connectivity index (χ0) is 34.7. The number of halogens is 6. The maximum atomic E-state index is 13.7. The number of amides is 2. The molecule has 0 unspecified atom stereocenters. The molecule has 0 radical (unpaired) electrons. The number of rotatable bonds is 10. The zero-order valence-electron chi connectivity index (χ0n) is 26.5. The van der Waals surface area contributed by atoms with Crippen molar-refractivity contribution >= 4 is 17.8 Å². The summed E-state index contributed by atoms with van der Waals surface area (Å²) in [5.41, 5.74) is -0.382. The van der Waals surface area contributed by atoms with Gasteiger partial charge in [-0.25, -0.2) is 19.3 Å². The predicted octanol–water partition coefficient (Wildman–Crippen LogP) is 6.21. The van der Waals surface area contributed by atoms with E-state index in [1.807, 2.05) is 0 Å². The SMILES string of the molecule is CC(C)(CC[C@H](NC(=O)OCc1ccccc1)c1cn2nc(C[C@H]3C[C@@H](C(F)(F)F)CNC3=O)c(C3CCOCC3)nc2n1)C(F)(F)F. The number of nitrogens with zero attached hydrogens (tertiary/aromatic N) is 4. The molecule has 2 saturated heterocycles. The van der Waals surface area contributed by atoms with Crippen molar-refractivity contribution in [2.45, 2.75) is 83.3 Å². The molecule has 0 spiro atoms. The van der Waals surface area contributed by atoms with E-state index in [9.17, 15) is 35.9 Å². The molecule has 10 nitrogen and oxygen atoms in total. The number of alkyl halides is 6. The summed E-state index contributed by atoms with van der Waals surface area (Å²) in [6, 6.07) is 7.83. The van der Waals surface area contributed by atoms with Crippen LogP contribution in [0.25, 0.3) is 5.78 Å². The topological polar surface area (TPSA) is 120 Å². The number of benzene rings is 1. The Kier molecular flexibility index (Phi) is 10.5. The summed E-state index contributed by atoms with van der Waals surface area (Å²) in [6.07, 6.45) is -8.30. The van der Waals surface area contributed by atoms with Crippen LogP contribution in [0.4, 0.5) is 31.1 Å². The number of fused-ring (bicyclic) bond motifs is 1. The number of aromatic nitrogens is 4. The zero-order valence-corrected chi connectivity index (χ0v) is 26.5. The number of carbonyl (C=O) groups is 2. The smallest absolute Gasteiger partial charge is 0.408 e. The minimum absolute atomic E-state index is 0.0660. The summed E-state index contributed by atoms with van der Waals surface area (Å²) in [5.74, 6) is -3.27. The van der Waals surface area contributed by atoms with E-state index in [0.717, 1.165) is 13.8 Å². The Morgan fingerprint density at radius 2 is 1.81 bits per heavy atom. The number of hydrogen-bond acceptors (Lipinski definition) is 7. The van der Waals surface area contributed by atoms with Gasteiger partial charge < -0.3 is 20.1 Å². The van der Waals surface area contributed by atoms with E-state index in [-0.39, 0.29) is 43.3 Å². The van der Waals surface area contributed by atoms with Crippen molar-refractivity contribution in [2.75, 3.05) is 19.8 Å². The van der Waals surface area contributed by atoms with E-state index in [1.165, 1.54) is 10.7 Å². The molecule has 48 heavy (non-hydrogen) atoms. The summed E-state index contributed by atoms with van der Waals surface area (Å²) in [4.78, 5) is 34.8. The first-order valence-corrected chi connectivity index (χ1v) is 15.8. The van der Waals surface area contributed by atoms with Crippen molar-refractivity contribution in [3.8, 4) is 0 Å². The fourth-order valence-corrected chi connectivity index (χ4v) is 5.90. The lowest BCUT2D eigenvalue weighted by Crippen LogP contribution is -2.47. The van der Waals surface area contributed by atoms with Crippen LogP contribution in [0.1, 0.15) is 80.6 Å². The molecule has 2 aliphatic heterocycles. The molecule has 3 aromatic rings. The molecule has 0 bridgehead atoms. The fourth-order valence-electron chi connectivity index (χ4n) is 5.90. The van der Waals surface area contributed by atoms with Crippen molar-refractivity contribution < 1.29 is 45.4 Å². The molecular formula is C32H38F6N6O4. The Bertz CT molecular complexity index is 1570. The minimum Gasteiger partial charge on any atom is -0.445 e. The van der Waals surface area contributed by atoms with E-state index in [2.05, 4.69) is 20.7 Å². The predicted molar refractivity (Wildman–Crippen MR) is 160 cm³/mol. The molecule has 0 aliphatic carbocycles. The number of imidazole rings is 1. The molecule has 2 fully saturated rings. The van der Waals surface area contributed by atoms with E-state index < -0.39 is 60.6 Å². The second kappa shape index (κ2) is 14.3. The molecule has 1 aromatic carbocycles. The molecule has 2 N–H and O–H groups in total. The lowest BCUT2D eigenvalue weighted by atomic mass is 9.84. The molecule has 2 aromatic heterocycles. The van der Waals surface area contributed by atoms with Gasteiger partial charge in [-0.15, -0.1) is 0 Å². The van der Waals surface area contributed by atoms with Gasteiger partial charge in [0.15, 0.2) is 0 Å². The minimum atomic E-state index is -4.50. The van der Waals surface area contributed by atoms with Gasteiger partial charge in [-0.2, -0.15) is 31.4 Å². The Balaban J connectivity index is 1.45. The molecule has 3 atom stereocenters. The highest BCUT2D eigenvalue weighted by Gasteiger charge is 2.47. The summed E-state index contributed by atoms with van der Waals surface area (Å²) in [6.45, 7) is 2.45. The van der Waals surface area contributed by atoms with Gasteiger partial charge >= 0.3 is 18.4 Å². The molecule has 2 aliphatic rings. The molecule has 0 saturated carbocycles. The third-order valence-corrected chi connectivity index (χ3v) is 9.09. The molecule has 2 amide bonds. The average molecular weight is 685 g/mol. The highest BCUT2D eigenvalue weighted by molar-refractivity contribution is 5.79. The number of alkyl carbamates (subject to hydrolysis) is 1. The Labute approximate surface area is 273 Å². The van der Waals surface area contributed by atoms with Crippen LogP contribution in [0, 0.1) is 17.3 Å². The van der Waals surface area contributed by atoms with Gasteiger partial charge in [-0.3, -0.25) is 4.79 Å². The van der Waals surface area contributed by atoms with Crippen LogP contribution in [-0.2, 0) is 27.3 Å². The largest absolute Gasteiger partial charge is 0.445 e. The first-order valence-electron chi connectivity index (χ1n) is 15.8. The second-order valence-electron chi connectivity index (χ2n) is 13.0. The number of ether oxygens (including phenoxy) is 2. The summed E-state index contributed by atoms with van der Waals surface area (Å²) >= 11 is 0. The Morgan fingerprint density at radius 3 is 2.48 bits per heavy atom. The van der Waals surface area contributed by atoms with Gasteiger partial charge in [0.2, 0.25) is 5.91 Å². The van der Waals surface area contributed by atoms with E-state index in [0.29, 0.717) is 43.0 Å². The van der Waals surface area contributed by atoms with Crippen LogP contribution in [-0.4, -0.2) is 63.7 Å². The maximum absolute atomic E-state index is 13.7. The number of hydrogen-bond donors (Lipinski definition) is 2. The first kappa shape index (κ1) is 35.4. The molecular weight excluding hydrogens is 646 g/mol. The number of carbonyl (C=O) groups excluding carboxylic acids is 2. The van der Waals surface area contributed by atoms with Crippen LogP contribution in [0.2, 0.25) is 0 Å².